The van der Waals surface area contributed by atoms with Crippen molar-refractivity contribution < 1.29 is 0 Å². The van der Waals surface area contributed by atoms with Crippen LogP contribution in [0.4, 0.5) is 0 Å². The molecular weight excluding hydrogens is 430 g/mol. The molecule has 2 heteroatoms. The second-order valence-corrected chi connectivity index (χ2v) is 8.72. The van der Waals surface area contributed by atoms with Crippen molar-refractivity contribution in [1.29, 1.82) is 0 Å². The highest BCUT2D eigenvalue weighted by atomic mass is 79.9. The molecule has 0 saturated carbocycles. The van der Waals surface area contributed by atoms with Crippen LogP contribution in [0.2, 0.25) is 0 Å². The molecule has 0 bridgehead atoms. The molecule has 1 aliphatic rings. The summed E-state index contributed by atoms with van der Waals surface area (Å²) >= 11 is 4.10. The van der Waals surface area contributed by atoms with Crippen LogP contribution in [-0.4, -0.2) is 4.90 Å². The van der Waals surface area contributed by atoms with Crippen LogP contribution in [0.25, 0.3) is 0 Å². The Morgan fingerprint density at radius 2 is 0.933 bits per heavy atom. The fourth-order valence-corrected chi connectivity index (χ4v) is 6.13. The first-order chi connectivity index (χ1) is 14.7. The van der Waals surface area contributed by atoms with E-state index in [0.717, 1.165) is 0 Å². The summed E-state index contributed by atoms with van der Waals surface area (Å²) in [6.45, 7) is 2.32. The van der Waals surface area contributed by atoms with Crippen molar-refractivity contribution in [1.82, 2.24) is 4.90 Å². The summed E-state index contributed by atoms with van der Waals surface area (Å²) in [5, 5.41) is 0. The van der Waals surface area contributed by atoms with Crippen molar-refractivity contribution in [3.05, 3.63) is 143 Å². The third-order valence-corrected chi connectivity index (χ3v) is 7.26. The number of rotatable bonds is 4. The van der Waals surface area contributed by atoms with Crippen LogP contribution in [0, 0.1) is 0 Å². The van der Waals surface area contributed by atoms with Crippen LogP contribution < -0.4 is 0 Å². The number of hydrogen-bond acceptors (Lipinski definition) is 1. The molecule has 1 aliphatic heterocycles. The lowest BCUT2D eigenvalue weighted by Crippen LogP contribution is -2.47. The molecule has 2 unspecified atom stereocenters. The van der Waals surface area contributed by atoms with Crippen molar-refractivity contribution in [3.8, 4) is 0 Å². The predicted molar refractivity (Wildman–Crippen MR) is 128 cm³/mol. The van der Waals surface area contributed by atoms with E-state index in [1.807, 2.05) is 0 Å². The summed E-state index contributed by atoms with van der Waals surface area (Å²) in [6, 6.07) is 41.8. The van der Waals surface area contributed by atoms with Gasteiger partial charge in [-0.2, -0.15) is 0 Å². The van der Waals surface area contributed by atoms with Gasteiger partial charge in [0.25, 0.3) is 0 Å². The molecule has 2 atom stereocenters. The van der Waals surface area contributed by atoms with Crippen LogP contribution in [0.1, 0.15) is 45.7 Å². The average molecular weight is 454 g/mol. The van der Waals surface area contributed by atoms with Crippen LogP contribution in [0.15, 0.2) is 115 Å². The Morgan fingerprint density at radius 3 is 1.33 bits per heavy atom. The Hall–Kier alpha value is -2.68. The van der Waals surface area contributed by atoms with Crippen LogP contribution in [0.3, 0.4) is 0 Å². The molecular formula is C28H24BrN. The van der Waals surface area contributed by atoms with E-state index in [1.54, 1.807) is 0 Å². The largest absolute Gasteiger partial charge is 0.263 e. The van der Waals surface area contributed by atoms with Gasteiger partial charge in [0.2, 0.25) is 0 Å². The Bertz CT molecular complexity index is 999. The zero-order chi connectivity index (χ0) is 20.6. The predicted octanol–water partition coefficient (Wildman–Crippen LogP) is 7.45. The molecule has 0 amide bonds. The maximum atomic E-state index is 4.10. The Labute approximate surface area is 187 Å². The molecule has 0 spiro atoms. The van der Waals surface area contributed by atoms with E-state index >= 15 is 0 Å². The van der Waals surface area contributed by atoms with Crippen molar-refractivity contribution in [3.63, 3.8) is 0 Å². The second-order valence-electron chi connectivity index (χ2n) is 7.86. The van der Waals surface area contributed by atoms with E-state index in [4.69, 9.17) is 0 Å². The highest BCUT2D eigenvalue weighted by molar-refractivity contribution is 9.09. The van der Waals surface area contributed by atoms with Gasteiger partial charge in [0.15, 0.2) is 0 Å². The highest BCUT2D eigenvalue weighted by Crippen LogP contribution is 2.56. The summed E-state index contributed by atoms with van der Waals surface area (Å²) in [5.74, 6) is 0. The minimum Gasteiger partial charge on any atom is -0.263 e. The van der Waals surface area contributed by atoms with Crippen molar-refractivity contribution in [2.75, 3.05) is 0 Å². The molecule has 0 aromatic heterocycles. The SMILES string of the molecule is CC1c2ccccc2C(Br)N1C(c1ccccc1)(c1ccccc1)c1ccccc1. The maximum Gasteiger partial charge on any atom is 0.0989 e. The zero-order valence-electron chi connectivity index (χ0n) is 16.9. The van der Waals surface area contributed by atoms with Gasteiger partial charge in [-0.3, -0.25) is 4.90 Å². The van der Waals surface area contributed by atoms with E-state index in [2.05, 4.69) is 143 Å². The van der Waals surface area contributed by atoms with Gasteiger partial charge in [0.1, 0.15) is 0 Å². The second kappa shape index (κ2) is 7.86. The van der Waals surface area contributed by atoms with Gasteiger partial charge >= 0.3 is 0 Å². The van der Waals surface area contributed by atoms with Gasteiger partial charge < -0.3 is 0 Å². The van der Waals surface area contributed by atoms with Crippen molar-refractivity contribution in [2.45, 2.75) is 23.5 Å². The first-order valence-electron chi connectivity index (χ1n) is 10.4. The fourth-order valence-electron chi connectivity index (χ4n) is 5.05. The third-order valence-electron chi connectivity index (χ3n) is 6.33. The molecule has 0 fully saturated rings. The molecule has 1 heterocycles. The number of alkyl halides is 1. The summed E-state index contributed by atoms with van der Waals surface area (Å²) in [5.41, 5.74) is 6.10. The zero-order valence-corrected chi connectivity index (χ0v) is 18.5. The summed E-state index contributed by atoms with van der Waals surface area (Å²) < 4.78 is 0. The number of fused-ring (bicyclic) bond motifs is 1. The minimum absolute atomic E-state index is 0.101. The van der Waals surface area contributed by atoms with Gasteiger partial charge in [0.05, 0.1) is 10.5 Å². The molecule has 1 nitrogen and oxygen atoms in total. The third kappa shape index (κ3) is 2.86. The fraction of sp³-hybridized carbons (Fsp3) is 0.143. The molecule has 4 aromatic rings. The highest BCUT2D eigenvalue weighted by Gasteiger charge is 2.50. The summed E-state index contributed by atoms with van der Waals surface area (Å²) in [4.78, 5) is 2.72. The lowest BCUT2D eigenvalue weighted by Gasteiger charge is -2.47. The average Bonchev–Trinajstić information content (AvgIpc) is 3.08. The van der Waals surface area contributed by atoms with Crippen molar-refractivity contribution >= 4 is 15.9 Å². The quantitative estimate of drug-likeness (QED) is 0.176. The number of halogens is 1. The van der Waals surface area contributed by atoms with Gasteiger partial charge in [-0.1, -0.05) is 131 Å². The Kier molecular flexibility index (Phi) is 5.06. The van der Waals surface area contributed by atoms with E-state index in [1.165, 1.54) is 27.8 Å². The molecule has 0 saturated heterocycles. The lowest BCUT2D eigenvalue weighted by atomic mass is 9.75. The summed E-state index contributed by atoms with van der Waals surface area (Å²) in [7, 11) is 0. The standard InChI is InChI=1S/C28H24BrN/c1-21-25-19-11-12-20-26(25)27(29)30(21)28(22-13-5-2-6-14-22,23-15-7-3-8-16-23)24-17-9-4-10-18-24/h2-21,27H,1H3. The van der Waals surface area contributed by atoms with Crippen LogP contribution >= 0.6 is 15.9 Å². The number of hydrogen-bond donors (Lipinski definition) is 0. The smallest absolute Gasteiger partial charge is 0.0989 e. The topological polar surface area (TPSA) is 3.24 Å². The maximum absolute atomic E-state index is 4.10. The first-order valence-corrected chi connectivity index (χ1v) is 11.3. The number of benzene rings is 4. The monoisotopic (exact) mass is 453 g/mol. The lowest BCUT2D eigenvalue weighted by molar-refractivity contribution is 0.116. The molecule has 148 valence electrons. The molecule has 0 N–H and O–H groups in total. The minimum atomic E-state index is -0.434. The van der Waals surface area contributed by atoms with Crippen LogP contribution in [-0.2, 0) is 5.54 Å². The molecule has 4 aromatic carbocycles. The summed E-state index contributed by atoms with van der Waals surface area (Å²) in [6.07, 6.45) is 0. The van der Waals surface area contributed by atoms with Gasteiger partial charge in [0, 0.05) is 6.04 Å². The van der Waals surface area contributed by atoms with Crippen molar-refractivity contribution in [2.24, 2.45) is 0 Å². The number of nitrogens with zero attached hydrogens (tertiary/aromatic N) is 1. The molecule has 5 rings (SSSR count). The molecule has 0 aliphatic carbocycles. The Morgan fingerprint density at radius 1 is 0.567 bits per heavy atom. The Balaban J connectivity index is 1.86. The van der Waals surface area contributed by atoms with Gasteiger partial charge in [-0.25, -0.2) is 0 Å². The van der Waals surface area contributed by atoms with E-state index in [-0.39, 0.29) is 11.0 Å². The van der Waals surface area contributed by atoms with Crippen LogP contribution in [0.5, 0.6) is 0 Å². The molecule has 30 heavy (non-hydrogen) atoms. The van der Waals surface area contributed by atoms with E-state index < -0.39 is 5.54 Å². The van der Waals surface area contributed by atoms with Gasteiger partial charge in [-0.05, 0) is 34.7 Å². The first kappa shape index (κ1) is 19.3. The van der Waals surface area contributed by atoms with Gasteiger partial charge in [-0.15, -0.1) is 0 Å². The van der Waals surface area contributed by atoms with E-state index in [9.17, 15) is 0 Å². The normalized spacial score (nSPS) is 18.9. The molecule has 0 radical (unpaired) electrons. The van der Waals surface area contributed by atoms with E-state index in [0.29, 0.717) is 0 Å².